The number of fused-ring (bicyclic) bond motifs is 4. The molecule has 9 aromatic carbocycles. The maximum absolute atomic E-state index is 2.65. The summed E-state index contributed by atoms with van der Waals surface area (Å²) in [6.45, 7) is 0. The lowest BCUT2D eigenvalue weighted by Crippen LogP contribution is -2.72. The van der Waals surface area contributed by atoms with Gasteiger partial charge in [-0.3, -0.25) is 0 Å². The summed E-state index contributed by atoms with van der Waals surface area (Å²) in [5, 5.41) is 6.94. The molecule has 0 bridgehead atoms. The summed E-state index contributed by atoms with van der Waals surface area (Å²) in [7, 11) is -2.65. The third-order valence-electron chi connectivity index (χ3n) is 12.2. The van der Waals surface area contributed by atoms with Gasteiger partial charge in [-0.1, -0.05) is 206 Å². The summed E-state index contributed by atoms with van der Waals surface area (Å²) >= 11 is 0. The van der Waals surface area contributed by atoms with Gasteiger partial charge in [0.05, 0.1) is 5.52 Å². The second-order valence-electron chi connectivity index (χ2n) is 15.3. The van der Waals surface area contributed by atoms with E-state index in [1.807, 2.05) is 0 Å². The predicted octanol–water partition coefficient (Wildman–Crippen LogP) is 11.7. The maximum Gasteiger partial charge on any atom is 0.180 e. The van der Waals surface area contributed by atoms with Crippen LogP contribution >= 0.6 is 0 Å². The van der Waals surface area contributed by atoms with Crippen LogP contribution in [0, 0.1) is 0 Å². The van der Waals surface area contributed by atoms with Crippen molar-refractivity contribution in [2.45, 2.75) is 0 Å². The second-order valence-corrected chi connectivity index (χ2v) is 19.0. The van der Waals surface area contributed by atoms with Gasteiger partial charge in [0.1, 0.15) is 0 Å². The molecule has 272 valence electrons. The zero-order valence-electron chi connectivity index (χ0n) is 32.0. The van der Waals surface area contributed by atoms with E-state index in [1.165, 1.54) is 93.0 Å². The van der Waals surface area contributed by atoms with E-state index in [4.69, 9.17) is 0 Å². The Morgan fingerprint density at radius 3 is 1.33 bits per heavy atom. The Kier molecular flexibility index (Phi) is 8.23. The first kappa shape index (κ1) is 34.0. The van der Waals surface area contributed by atoms with Gasteiger partial charge in [0.25, 0.3) is 0 Å². The third kappa shape index (κ3) is 5.53. The van der Waals surface area contributed by atoms with Crippen LogP contribution in [0.15, 0.2) is 237 Å². The lowest BCUT2D eigenvalue weighted by Gasteiger charge is -2.31. The molecule has 0 saturated heterocycles. The molecule has 0 saturated carbocycles. The highest BCUT2D eigenvalue weighted by molar-refractivity contribution is 7.22. The topological polar surface area (TPSA) is 4.93 Å². The van der Waals surface area contributed by atoms with Crippen molar-refractivity contribution in [3.63, 3.8) is 0 Å². The Morgan fingerprint density at radius 1 is 0.293 bits per heavy atom. The van der Waals surface area contributed by atoms with Gasteiger partial charge >= 0.3 is 0 Å². The second kappa shape index (κ2) is 14.0. The molecule has 1 nitrogen and oxygen atoms in total. The first-order valence-corrected chi connectivity index (χ1v) is 22.1. The highest BCUT2D eigenvalue weighted by Crippen LogP contribution is 2.38. The Balaban J connectivity index is 1.10. The van der Waals surface area contributed by atoms with Crippen molar-refractivity contribution in [1.29, 1.82) is 0 Å². The molecular formula is C56H39NSi. The average Bonchev–Trinajstić information content (AvgIpc) is 3.84. The summed E-state index contributed by atoms with van der Waals surface area (Å²) in [6, 6.07) is 85.2. The van der Waals surface area contributed by atoms with E-state index >= 15 is 0 Å². The van der Waals surface area contributed by atoms with Crippen LogP contribution in [0.2, 0.25) is 0 Å². The number of hydrogen-bond acceptors (Lipinski definition) is 0. The van der Waals surface area contributed by atoms with Crippen LogP contribution in [0.4, 0.5) is 0 Å². The fraction of sp³-hybridized carbons (Fsp3) is 0. The predicted molar refractivity (Wildman–Crippen MR) is 248 cm³/mol. The monoisotopic (exact) mass is 753 g/mol. The highest BCUT2D eigenvalue weighted by Gasteiger charge is 2.48. The van der Waals surface area contributed by atoms with Crippen LogP contribution in [0.3, 0.4) is 0 Å². The number of benzene rings is 9. The molecule has 2 heteroatoms. The number of rotatable bonds is 7. The molecule has 2 heterocycles. The quantitative estimate of drug-likeness (QED) is 0.143. The van der Waals surface area contributed by atoms with Crippen molar-refractivity contribution >= 4 is 39.7 Å². The van der Waals surface area contributed by atoms with Crippen molar-refractivity contribution < 1.29 is 0 Å². The van der Waals surface area contributed by atoms with Crippen molar-refractivity contribution in [3.8, 4) is 61.3 Å². The van der Waals surface area contributed by atoms with Gasteiger partial charge < -0.3 is 4.57 Å². The van der Waals surface area contributed by atoms with Gasteiger partial charge in [-0.2, -0.15) is 0 Å². The molecule has 0 spiro atoms. The van der Waals surface area contributed by atoms with E-state index in [2.05, 4.69) is 241 Å². The molecule has 0 unspecified atom stereocenters. The smallest absolute Gasteiger partial charge is 0.180 e. The van der Waals surface area contributed by atoms with Crippen LogP contribution in [-0.2, 0) is 0 Å². The largest absolute Gasteiger partial charge is 0.316 e. The zero-order chi connectivity index (χ0) is 38.5. The molecule has 1 aliphatic heterocycles. The molecule has 0 atom stereocenters. The minimum Gasteiger partial charge on any atom is -0.316 e. The molecule has 0 aliphatic carbocycles. The lowest BCUT2D eigenvalue weighted by molar-refractivity contribution is 1.13. The fourth-order valence-electron chi connectivity index (χ4n) is 9.39. The number of nitrogens with zero attached hydrogens (tertiary/aromatic N) is 1. The van der Waals surface area contributed by atoms with Crippen molar-refractivity contribution in [2.75, 3.05) is 0 Å². The Morgan fingerprint density at radius 2 is 0.741 bits per heavy atom. The average molecular weight is 754 g/mol. The fourth-order valence-corrected chi connectivity index (χ4v) is 14.6. The SMILES string of the molecule is c1ccc(-c2ccc(-c3ccc4c(c3)c(-c3ccc(-c5ccccc5)cc3)cn4-c3ccc4c(c3)[Si](c3ccccc3)(c3ccccc3)c3ccccc3-4)cc2)cc1. The molecule has 58 heavy (non-hydrogen) atoms. The first-order valence-electron chi connectivity index (χ1n) is 20.1. The number of aromatic nitrogens is 1. The molecule has 10 aromatic rings. The summed E-state index contributed by atoms with van der Waals surface area (Å²) < 4.78 is 2.43. The zero-order valence-corrected chi connectivity index (χ0v) is 33.0. The van der Waals surface area contributed by atoms with Crippen LogP contribution in [-0.4, -0.2) is 12.6 Å². The standard InChI is InChI=1S/C56H39NSi/c1-5-15-40(16-6-1)42-25-27-44(28-26-42)46-33-36-54-52(37-46)53(45-31-29-43(30-32-45)41-17-7-2-8-18-41)39-57(54)47-34-35-51-50-23-13-14-24-55(50)58(56(51)38-47,48-19-9-3-10-20-48)49-21-11-4-12-22-49/h1-39H. The molecule has 1 aliphatic rings. The van der Waals surface area contributed by atoms with Gasteiger partial charge in [-0.05, 0) is 95.1 Å². The van der Waals surface area contributed by atoms with Gasteiger partial charge in [0.2, 0.25) is 0 Å². The molecule has 0 fully saturated rings. The Bertz CT molecular complexity index is 3020. The van der Waals surface area contributed by atoms with Gasteiger partial charge in [0, 0.05) is 22.8 Å². The van der Waals surface area contributed by atoms with Crippen LogP contribution < -0.4 is 20.7 Å². The highest BCUT2D eigenvalue weighted by atomic mass is 28.3. The lowest BCUT2D eigenvalue weighted by atomic mass is 9.97. The summed E-state index contributed by atoms with van der Waals surface area (Å²) in [6.07, 6.45) is 2.36. The minimum absolute atomic E-state index is 1.17. The molecule has 0 N–H and O–H groups in total. The van der Waals surface area contributed by atoms with Crippen molar-refractivity contribution in [1.82, 2.24) is 4.57 Å². The van der Waals surface area contributed by atoms with E-state index in [-0.39, 0.29) is 0 Å². The molecular weight excluding hydrogens is 715 g/mol. The van der Waals surface area contributed by atoms with E-state index in [1.54, 1.807) is 0 Å². The number of hydrogen-bond donors (Lipinski definition) is 0. The molecule has 0 radical (unpaired) electrons. The van der Waals surface area contributed by atoms with Crippen molar-refractivity contribution in [2.24, 2.45) is 0 Å². The van der Waals surface area contributed by atoms with Crippen LogP contribution in [0.5, 0.6) is 0 Å². The summed E-state index contributed by atoms with van der Waals surface area (Å²) in [5.74, 6) is 0. The Hall–Kier alpha value is -7.26. The third-order valence-corrected chi connectivity index (χ3v) is 17.0. The van der Waals surface area contributed by atoms with Crippen molar-refractivity contribution in [3.05, 3.63) is 237 Å². The molecule has 11 rings (SSSR count). The normalized spacial score (nSPS) is 12.6. The van der Waals surface area contributed by atoms with Gasteiger partial charge in [-0.15, -0.1) is 0 Å². The Labute approximate surface area is 340 Å². The van der Waals surface area contributed by atoms with E-state index in [9.17, 15) is 0 Å². The van der Waals surface area contributed by atoms with E-state index in [0.717, 1.165) is 0 Å². The van der Waals surface area contributed by atoms with Gasteiger partial charge in [0.15, 0.2) is 8.07 Å². The van der Waals surface area contributed by atoms with E-state index < -0.39 is 8.07 Å². The van der Waals surface area contributed by atoms with E-state index in [0.29, 0.717) is 0 Å². The van der Waals surface area contributed by atoms with Crippen LogP contribution in [0.1, 0.15) is 0 Å². The summed E-state index contributed by atoms with van der Waals surface area (Å²) in [4.78, 5) is 0. The molecule has 0 amide bonds. The first-order chi connectivity index (χ1) is 28.8. The molecule has 1 aromatic heterocycles. The van der Waals surface area contributed by atoms with Gasteiger partial charge in [-0.25, -0.2) is 0 Å². The maximum atomic E-state index is 2.51. The minimum atomic E-state index is -2.65. The van der Waals surface area contributed by atoms with Crippen LogP contribution in [0.25, 0.3) is 72.2 Å². The summed E-state index contributed by atoms with van der Waals surface area (Å²) in [5.41, 5.74) is 14.8.